The number of likely N-dealkylation sites (N-methyl/N-ethyl adjacent to an activating group) is 2. The van der Waals surface area contributed by atoms with Gasteiger partial charge in [0.1, 0.15) is 5.75 Å². The van der Waals surface area contributed by atoms with Gasteiger partial charge in [0, 0.05) is 18.8 Å². The van der Waals surface area contributed by atoms with Crippen molar-refractivity contribution in [1.29, 1.82) is 0 Å². The molecule has 0 bridgehead atoms. The van der Waals surface area contributed by atoms with Gasteiger partial charge in [-0.3, -0.25) is 9.59 Å². The van der Waals surface area contributed by atoms with Crippen molar-refractivity contribution in [3.05, 3.63) is 60.2 Å². The summed E-state index contributed by atoms with van der Waals surface area (Å²) in [6.07, 6.45) is 0. The summed E-state index contributed by atoms with van der Waals surface area (Å²) in [6, 6.07) is 16.9. The highest BCUT2D eigenvalue weighted by Gasteiger charge is 2.29. The van der Waals surface area contributed by atoms with Gasteiger partial charge in [-0.05, 0) is 50.6 Å². The maximum atomic E-state index is 13.0. The van der Waals surface area contributed by atoms with Crippen molar-refractivity contribution in [3.8, 4) is 5.75 Å². The number of methoxy groups -OCH3 is 1. The first kappa shape index (κ1) is 22.4. The zero-order chi connectivity index (χ0) is 21.2. The summed E-state index contributed by atoms with van der Waals surface area (Å²) in [7, 11) is 1.60. The van der Waals surface area contributed by atoms with Gasteiger partial charge in [0.15, 0.2) is 12.6 Å². The third-order valence-corrected chi connectivity index (χ3v) is 5.11. The molecule has 6 nitrogen and oxygen atoms in total. The van der Waals surface area contributed by atoms with E-state index in [0.29, 0.717) is 25.3 Å². The molecule has 0 aromatic heterocycles. The van der Waals surface area contributed by atoms with E-state index < -0.39 is 0 Å². The summed E-state index contributed by atoms with van der Waals surface area (Å²) < 4.78 is 5.13. The van der Waals surface area contributed by atoms with Crippen LogP contribution in [0.3, 0.4) is 0 Å². The third-order valence-electron chi connectivity index (χ3n) is 5.11. The second kappa shape index (κ2) is 11.2. The molecule has 0 spiro atoms. The van der Waals surface area contributed by atoms with E-state index in [9.17, 15) is 9.59 Å². The lowest BCUT2D eigenvalue weighted by Crippen LogP contribution is -3.17. The van der Waals surface area contributed by atoms with Gasteiger partial charge in [0.05, 0.1) is 13.7 Å². The highest BCUT2D eigenvalue weighted by molar-refractivity contribution is 5.91. The Morgan fingerprint density at radius 1 is 1.07 bits per heavy atom. The van der Waals surface area contributed by atoms with Crippen LogP contribution in [0.2, 0.25) is 0 Å². The zero-order valence-electron chi connectivity index (χ0n) is 17.8. The van der Waals surface area contributed by atoms with Crippen molar-refractivity contribution in [3.63, 3.8) is 0 Å². The summed E-state index contributed by atoms with van der Waals surface area (Å²) in [5, 5.41) is 2.89. The number of benzene rings is 2. The standard InChI is InChI=1S/C23H31N3O3/c1-5-25(17-22(27)24-20-12-14-21(29-4)15-13-20)18(3)23(28)26(6-2)16-19-10-8-7-9-11-19/h7-15,18H,5-6,16-17H2,1-4H3,(H,24,27)/p+1/t18-/m0/s1. The first-order valence-corrected chi connectivity index (χ1v) is 10.1. The first-order valence-electron chi connectivity index (χ1n) is 10.1. The molecule has 2 aromatic carbocycles. The van der Waals surface area contributed by atoms with Crippen LogP contribution in [0.25, 0.3) is 0 Å². The van der Waals surface area contributed by atoms with Gasteiger partial charge in [0.25, 0.3) is 11.8 Å². The van der Waals surface area contributed by atoms with E-state index in [1.165, 1.54) is 0 Å². The number of carbonyl (C=O) groups is 2. The maximum Gasteiger partial charge on any atom is 0.280 e. The molecule has 0 saturated heterocycles. The van der Waals surface area contributed by atoms with Crippen molar-refractivity contribution in [2.75, 3.05) is 32.1 Å². The predicted molar refractivity (Wildman–Crippen MR) is 115 cm³/mol. The molecule has 0 saturated carbocycles. The highest BCUT2D eigenvalue weighted by atomic mass is 16.5. The van der Waals surface area contributed by atoms with Crippen LogP contribution in [0.15, 0.2) is 54.6 Å². The Bertz CT molecular complexity index is 778. The number of nitrogens with one attached hydrogen (secondary N) is 2. The molecule has 0 aliphatic carbocycles. The van der Waals surface area contributed by atoms with Crippen molar-refractivity contribution in [2.45, 2.75) is 33.4 Å². The van der Waals surface area contributed by atoms with Crippen LogP contribution in [0, 0.1) is 0 Å². The number of quaternary nitrogens is 1. The average molecular weight is 399 g/mol. The number of carbonyl (C=O) groups excluding carboxylic acids is 2. The Kier molecular flexibility index (Phi) is 8.68. The van der Waals surface area contributed by atoms with Gasteiger partial charge in [-0.25, -0.2) is 0 Å². The Hall–Kier alpha value is -2.86. The molecule has 1 unspecified atom stereocenters. The number of anilines is 1. The largest absolute Gasteiger partial charge is 0.497 e. The molecule has 2 N–H and O–H groups in total. The summed E-state index contributed by atoms with van der Waals surface area (Å²) in [6.45, 7) is 8.01. The molecule has 2 rings (SSSR count). The van der Waals surface area contributed by atoms with Crippen LogP contribution in [-0.4, -0.2) is 49.5 Å². The minimum atomic E-state index is -0.301. The fourth-order valence-electron chi connectivity index (χ4n) is 3.27. The molecule has 2 amide bonds. The van der Waals surface area contributed by atoms with Crippen LogP contribution in [0.5, 0.6) is 5.75 Å². The lowest BCUT2D eigenvalue weighted by atomic mass is 10.1. The molecule has 0 fully saturated rings. The normalized spacial score (nSPS) is 12.7. The number of ether oxygens (including phenoxy) is 1. The van der Waals surface area contributed by atoms with Crippen molar-refractivity contribution in [2.24, 2.45) is 0 Å². The second-order valence-electron chi connectivity index (χ2n) is 7.02. The SMILES string of the molecule is CCN(Cc1ccccc1)C(=O)[C@H](C)[NH+](CC)CC(=O)Nc1ccc(OC)cc1. The van der Waals surface area contributed by atoms with Crippen LogP contribution < -0.4 is 15.0 Å². The monoisotopic (exact) mass is 398 g/mol. The molecule has 2 aromatic rings. The van der Waals surface area contributed by atoms with E-state index in [4.69, 9.17) is 4.74 Å². The smallest absolute Gasteiger partial charge is 0.280 e. The van der Waals surface area contributed by atoms with Gasteiger partial charge >= 0.3 is 0 Å². The Balaban J connectivity index is 1.97. The number of hydrogen-bond acceptors (Lipinski definition) is 3. The molecule has 0 aliphatic heterocycles. The summed E-state index contributed by atoms with van der Waals surface area (Å²) in [5.74, 6) is 0.685. The first-order chi connectivity index (χ1) is 14.0. The van der Waals surface area contributed by atoms with E-state index >= 15 is 0 Å². The van der Waals surface area contributed by atoms with Gasteiger partial charge in [0.2, 0.25) is 0 Å². The minimum Gasteiger partial charge on any atom is -0.497 e. The summed E-state index contributed by atoms with van der Waals surface area (Å²) >= 11 is 0. The molecule has 156 valence electrons. The van der Waals surface area contributed by atoms with Crippen LogP contribution in [-0.2, 0) is 16.1 Å². The Labute approximate surface area is 173 Å². The summed E-state index contributed by atoms with van der Waals surface area (Å²) in [4.78, 5) is 28.3. The Morgan fingerprint density at radius 3 is 2.28 bits per heavy atom. The number of amides is 2. The topological polar surface area (TPSA) is 63.1 Å². The highest BCUT2D eigenvalue weighted by Crippen LogP contribution is 2.14. The number of hydrogen-bond donors (Lipinski definition) is 2. The van der Waals surface area contributed by atoms with Crippen molar-refractivity contribution >= 4 is 17.5 Å². The van der Waals surface area contributed by atoms with Crippen LogP contribution in [0.4, 0.5) is 5.69 Å². The van der Waals surface area contributed by atoms with Gasteiger partial charge in [-0.15, -0.1) is 0 Å². The molecule has 2 atom stereocenters. The molecule has 0 heterocycles. The van der Waals surface area contributed by atoms with Crippen LogP contribution >= 0.6 is 0 Å². The second-order valence-corrected chi connectivity index (χ2v) is 7.02. The molecule has 0 aliphatic rings. The average Bonchev–Trinajstić information content (AvgIpc) is 2.76. The predicted octanol–water partition coefficient (Wildman–Crippen LogP) is 1.98. The number of nitrogens with zero attached hydrogens (tertiary/aromatic N) is 1. The van der Waals surface area contributed by atoms with Crippen molar-refractivity contribution < 1.29 is 19.2 Å². The van der Waals surface area contributed by atoms with Gasteiger partial charge in [-0.1, -0.05) is 30.3 Å². The van der Waals surface area contributed by atoms with E-state index in [0.717, 1.165) is 16.2 Å². The van der Waals surface area contributed by atoms with E-state index in [1.54, 1.807) is 31.4 Å². The molecule has 29 heavy (non-hydrogen) atoms. The molecular weight excluding hydrogens is 366 g/mol. The lowest BCUT2D eigenvalue weighted by Gasteiger charge is -2.29. The quantitative estimate of drug-likeness (QED) is 0.643. The molecular formula is C23H32N3O3+. The fraction of sp³-hybridized carbons (Fsp3) is 0.391. The van der Waals surface area contributed by atoms with Crippen LogP contribution in [0.1, 0.15) is 26.3 Å². The van der Waals surface area contributed by atoms with E-state index in [-0.39, 0.29) is 24.4 Å². The molecule has 0 radical (unpaired) electrons. The zero-order valence-corrected chi connectivity index (χ0v) is 17.8. The van der Waals surface area contributed by atoms with Gasteiger partial charge < -0.3 is 19.9 Å². The third kappa shape index (κ3) is 6.61. The molecule has 6 heteroatoms. The number of rotatable bonds is 10. The fourth-order valence-corrected chi connectivity index (χ4v) is 3.27. The van der Waals surface area contributed by atoms with E-state index in [1.807, 2.05) is 56.0 Å². The van der Waals surface area contributed by atoms with E-state index in [2.05, 4.69) is 5.32 Å². The maximum absolute atomic E-state index is 13.0. The summed E-state index contributed by atoms with van der Waals surface area (Å²) in [5.41, 5.74) is 1.81. The van der Waals surface area contributed by atoms with Gasteiger partial charge in [-0.2, -0.15) is 0 Å². The van der Waals surface area contributed by atoms with Crippen molar-refractivity contribution in [1.82, 2.24) is 4.90 Å². The minimum absolute atomic E-state index is 0.0606. The lowest BCUT2D eigenvalue weighted by molar-refractivity contribution is -0.904. The Morgan fingerprint density at radius 2 is 1.72 bits per heavy atom.